The largest absolute Gasteiger partial charge is 0.342 e. The highest BCUT2D eigenvalue weighted by atomic mass is 16.2. The highest BCUT2D eigenvalue weighted by Crippen LogP contribution is 2.34. The number of likely N-dealkylation sites (tertiary alicyclic amines) is 1. The summed E-state index contributed by atoms with van der Waals surface area (Å²) in [5.74, 6) is 2.36. The average molecular weight is 269 g/mol. The zero-order valence-electron chi connectivity index (χ0n) is 11.7. The summed E-state index contributed by atoms with van der Waals surface area (Å²) in [6, 6.07) is 8.17. The van der Waals surface area contributed by atoms with Crippen LogP contribution in [-0.4, -0.2) is 33.4 Å². The summed E-state index contributed by atoms with van der Waals surface area (Å²) in [5.41, 5.74) is 2.17. The zero-order valence-corrected chi connectivity index (χ0v) is 11.7. The molecule has 20 heavy (non-hydrogen) atoms. The van der Waals surface area contributed by atoms with Crippen molar-refractivity contribution in [2.45, 2.75) is 25.2 Å². The lowest BCUT2D eigenvalue weighted by atomic mass is 10.1. The van der Waals surface area contributed by atoms with Crippen LogP contribution in [0.15, 0.2) is 24.3 Å². The first-order chi connectivity index (χ1) is 9.72. The first-order valence-corrected chi connectivity index (χ1v) is 7.41. The number of rotatable bonds is 3. The number of aromatic nitrogens is 2. The number of hydrogen-bond donors (Lipinski definition) is 0. The van der Waals surface area contributed by atoms with Crippen molar-refractivity contribution in [3.05, 3.63) is 30.1 Å². The molecule has 4 rings (SSSR count). The third-order valence-electron chi connectivity index (χ3n) is 4.58. The molecule has 1 atom stereocenters. The molecule has 1 saturated carbocycles. The predicted octanol–water partition coefficient (Wildman–Crippen LogP) is 2.30. The highest BCUT2D eigenvalue weighted by Gasteiger charge is 2.36. The average Bonchev–Trinajstić information content (AvgIpc) is 3.11. The molecule has 0 unspecified atom stereocenters. The van der Waals surface area contributed by atoms with E-state index in [1.165, 1.54) is 12.8 Å². The fraction of sp³-hybridized carbons (Fsp3) is 0.500. The van der Waals surface area contributed by atoms with E-state index in [1.54, 1.807) is 0 Å². The van der Waals surface area contributed by atoms with Crippen molar-refractivity contribution in [1.29, 1.82) is 0 Å². The molecule has 4 heteroatoms. The lowest BCUT2D eigenvalue weighted by Gasteiger charge is -2.16. The number of para-hydroxylation sites is 2. The van der Waals surface area contributed by atoms with Crippen molar-refractivity contribution in [2.75, 3.05) is 13.1 Å². The summed E-state index contributed by atoms with van der Waals surface area (Å²) in [5, 5.41) is 0. The molecule has 2 aliphatic rings. The van der Waals surface area contributed by atoms with Gasteiger partial charge in [-0.15, -0.1) is 0 Å². The van der Waals surface area contributed by atoms with Crippen LogP contribution in [0.4, 0.5) is 0 Å². The maximum atomic E-state index is 12.1. The van der Waals surface area contributed by atoms with Gasteiger partial charge in [0.1, 0.15) is 5.82 Å². The van der Waals surface area contributed by atoms with Gasteiger partial charge in [0.05, 0.1) is 11.0 Å². The van der Waals surface area contributed by atoms with Gasteiger partial charge >= 0.3 is 0 Å². The first-order valence-electron chi connectivity index (χ1n) is 7.41. The number of carbonyl (C=O) groups is 1. The van der Waals surface area contributed by atoms with Gasteiger partial charge in [0, 0.05) is 32.5 Å². The Kier molecular flexibility index (Phi) is 2.59. The molecule has 2 aromatic rings. The van der Waals surface area contributed by atoms with Gasteiger partial charge in [0.15, 0.2) is 0 Å². The molecule has 1 aliphatic heterocycles. The maximum absolute atomic E-state index is 12.1. The van der Waals surface area contributed by atoms with Crippen LogP contribution in [-0.2, 0) is 11.8 Å². The second-order valence-corrected chi connectivity index (χ2v) is 6.16. The Balaban J connectivity index is 1.63. The Morgan fingerprint density at radius 1 is 1.30 bits per heavy atom. The molecule has 2 fully saturated rings. The molecule has 1 amide bonds. The van der Waals surface area contributed by atoms with Crippen molar-refractivity contribution in [3.63, 3.8) is 0 Å². The van der Waals surface area contributed by atoms with E-state index >= 15 is 0 Å². The first kappa shape index (κ1) is 11.9. The number of fused-ring (bicyclic) bond motifs is 1. The van der Waals surface area contributed by atoms with E-state index in [0.29, 0.717) is 12.3 Å². The highest BCUT2D eigenvalue weighted by molar-refractivity contribution is 5.80. The number of carbonyl (C=O) groups excluding carboxylic acids is 1. The van der Waals surface area contributed by atoms with E-state index in [9.17, 15) is 4.79 Å². The Bertz CT molecular complexity index is 671. The molecule has 0 radical (unpaired) electrons. The Hall–Kier alpha value is -1.84. The van der Waals surface area contributed by atoms with E-state index in [2.05, 4.69) is 17.7 Å². The third kappa shape index (κ3) is 1.90. The minimum atomic E-state index is 0.249. The van der Waals surface area contributed by atoms with Gasteiger partial charge < -0.3 is 9.47 Å². The van der Waals surface area contributed by atoms with E-state index in [-0.39, 0.29) is 5.92 Å². The Morgan fingerprint density at radius 2 is 2.10 bits per heavy atom. The minimum Gasteiger partial charge on any atom is -0.342 e. The fourth-order valence-corrected chi connectivity index (χ4v) is 3.26. The van der Waals surface area contributed by atoms with Crippen LogP contribution >= 0.6 is 0 Å². The van der Waals surface area contributed by atoms with E-state index in [0.717, 1.165) is 35.9 Å². The monoisotopic (exact) mass is 269 g/mol. The van der Waals surface area contributed by atoms with Crippen LogP contribution in [0, 0.1) is 5.92 Å². The molecule has 2 heterocycles. The van der Waals surface area contributed by atoms with Gasteiger partial charge in [0.2, 0.25) is 5.91 Å². The summed E-state index contributed by atoms with van der Waals surface area (Å²) >= 11 is 0. The summed E-state index contributed by atoms with van der Waals surface area (Å²) in [6.07, 6.45) is 3.20. The number of hydrogen-bond acceptors (Lipinski definition) is 2. The molecule has 4 nitrogen and oxygen atoms in total. The van der Waals surface area contributed by atoms with Crippen LogP contribution in [0.2, 0.25) is 0 Å². The normalized spacial score (nSPS) is 22.9. The number of benzene rings is 1. The summed E-state index contributed by atoms with van der Waals surface area (Å²) in [6.45, 7) is 1.80. The van der Waals surface area contributed by atoms with Crippen molar-refractivity contribution in [3.8, 4) is 0 Å². The Morgan fingerprint density at radius 3 is 2.85 bits per heavy atom. The predicted molar refractivity (Wildman–Crippen MR) is 77.4 cm³/mol. The van der Waals surface area contributed by atoms with E-state index in [4.69, 9.17) is 4.98 Å². The van der Waals surface area contributed by atoms with Gasteiger partial charge in [-0.3, -0.25) is 4.79 Å². The Labute approximate surface area is 118 Å². The molecular formula is C16H19N3O. The molecule has 0 bridgehead atoms. The van der Waals surface area contributed by atoms with E-state index in [1.807, 2.05) is 23.1 Å². The maximum Gasteiger partial charge on any atom is 0.223 e. The second-order valence-electron chi connectivity index (χ2n) is 6.16. The standard InChI is InChI=1S/C16H19N3O/c1-18-14-5-3-2-4-13(14)17-16(18)12-8-15(20)19(10-12)9-11-6-7-11/h2-5,11-12H,6-10H2,1H3/t12-/m1/s1. The third-order valence-corrected chi connectivity index (χ3v) is 4.58. The fourth-order valence-electron chi connectivity index (χ4n) is 3.26. The lowest BCUT2D eigenvalue weighted by Crippen LogP contribution is -2.27. The molecular weight excluding hydrogens is 250 g/mol. The molecule has 0 N–H and O–H groups in total. The van der Waals surface area contributed by atoms with Crippen molar-refractivity contribution in [1.82, 2.24) is 14.5 Å². The van der Waals surface area contributed by atoms with Gasteiger partial charge in [-0.25, -0.2) is 4.98 Å². The minimum absolute atomic E-state index is 0.249. The van der Waals surface area contributed by atoms with Crippen LogP contribution in [0.25, 0.3) is 11.0 Å². The van der Waals surface area contributed by atoms with Gasteiger partial charge in [-0.05, 0) is 30.9 Å². The molecule has 104 valence electrons. The zero-order chi connectivity index (χ0) is 13.7. The molecule has 1 aromatic carbocycles. The topological polar surface area (TPSA) is 38.1 Å². The van der Waals surface area contributed by atoms with Crippen LogP contribution in [0.3, 0.4) is 0 Å². The lowest BCUT2D eigenvalue weighted by molar-refractivity contribution is -0.127. The molecule has 1 aliphatic carbocycles. The van der Waals surface area contributed by atoms with Gasteiger partial charge in [0.25, 0.3) is 0 Å². The number of nitrogens with zero attached hydrogens (tertiary/aromatic N) is 3. The number of amides is 1. The summed E-state index contributed by atoms with van der Waals surface area (Å²) < 4.78 is 2.15. The van der Waals surface area contributed by atoms with Crippen molar-refractivity contribution in [2.24, 2.45) is 13.0 Å². The molecule has 0 spiro atoms. The summed E-state index contributed by atoms with van der Waals surface area (Å²) in [4.78, 5) is 18.9. The van der Waals surface area contributed by atoms with Crippen molar-refractivity contribution >= 4 is 16.9 Å². The van der Waals surface area contributed by atoms with Crippen LogP contribution in [0.5, 0.6) is 0 Å². The molecule has 1 saturated heterocycles. The molecule has 1 aromatic heterocycles. The van der Waals surface area contributed by atoms with Gasteiger partial charge in [-0.2, -0.15) is 0 Å². The van der Waals surface area contributed by atoms with E-state index < -0.39 is 0 Å². The number of imidazole rings is 1. The van der Waals surface area contributed by atoms with Crippen LogP contribution in [0.1, 0.15) is 31.0 Å². The quantitative estimate of drug-likeness (QED) is 0.857. The number of aryl methyl sites for hydroxylation is 1. The second kappa shape index (κ2) is 4.33. The van der Waals surface area contributed by atoms with Crippen LogP contribution < -0.4 is 0 Å². The van der Waals surface area contributed by atoms with Gasteiger partial charge in [-0.1, -0.05) is 12.1 Å². The van der Waals surface area contributed by atoms with Crippen molar-refractivity contribution < 1.29 is 4.79 Å². The summed E-state index contributed by atoms with van der Waals surface area (Å²) in [7, 11) is 2.05. The SMILES string of the molecule is Cn1c([C@@H]2CC(=O)N(CC3CC3)C2)nc2ccccc21. The smallest absolute Gasteiger partial charge is 0.223 e.